The molecule has 0 amide bonds. The average molecular weight is 160 g/mol. The monoisotopic (exact) mass is 160 g/mol. The summed E-state index contributed by atoms with van der Waals surface area (Å²) in [5.41, 5.74) is 0.394. The zero-order chi connectivity index (χ0) is 8.15. The second-order valence-corrected chi connectivity index (χ2v) is 2.46. The summed E-state index contributed by atoms with van der Waals surface area (Å²) in [6.07, 6.45) is -0.434. The average Bonchev–Trinajstić information content (AvgIpc) is 1.87. The van der Waals surface area contributed by atoms with E-state index in [1.807, 2.05) is 0 Å². The van der Waals surface area contributed by atoms with Crippen LogP contribution in [0.15, 0.2) is 12.2 Å². The third-order valence-corrected chi connectivity index (χ3v) is 1.62. The molecule has 0 heterocycles. The highest BCUT2D eigenvalue weighted by atomic mass is 28.2. The minimum atomic E-state index is -0.434. The maximum absolute atomic E-state index is 10.7. The molecule has 0 saturated carbocycles. The summed E-state index contributed by atoms with van der Waals surface area (Å²) < 4.78 is 9.56. The van der Waals surface area contributed by atoms with E-state index in [9.17, 15) is 4.79 Å². The molecule has 10 heavy (non-hydrogen) atoms. The predicted molar refractivity (Wildman–Crippen MR) is 41.4 cm³/mol. The van der Waals surface area contributed by atoms with E-state index in [-0.39, 0.29) is 0 Å². The molecule has 0 aliphatic carbocycles. The van der Waals surface area contributed by atoms with Crippen LogP contribution in [-0.2, 0) is 14.0 Å². The van der Waals surface area contributed by atoms with E-state index >= 15 is 0 Å². The van der Waals surface area contributed by atoms with Crippen molar-refractivity contribution in [1.82, 2.24) is 0 Å². The molecule has 4 heteroatoms. The van der Waals surface area contributed by atoms with Gasteiger partial charge in [0.15, 0.2) is 16.8 Å². The summed E-state index contributed by atoms with van der Waals surface area (Å²) >= 11 is 0. The number of esters is 1. The van der Waals surface area contributed by atoms with Crippen molar-refractivity contribution in [2.45, 2.75) is 20.1 Å². The molecule has 1 atom stereocenters. The molecule has 0 fully saturated rings. The van der Waals surface area contributed by atoms with Crippen LogP contribution in [0.4, 0.5) is 0 Å². The largest absolute Gasteiger partial charge is 0.434 e. The van der Waals surface area contributed by atoms with Gasteiger partial charge >= 0.3 is 5.97 Å². The Labute approximate surface area is 63.6 Å². The van der Waals surface area contributed by atoms with Gasteiger partial charge in [-0.2, -0.15) is 0 Å². The van der Waals surface area contributed by atoms with Gasteiger partial charge in [-0.3, -0.25) is 0 Å². The third-order valence-electron chi connectivity index (χ3n) is 0.953. The number of hydrogen-bond acceptors (Lipinski definition) is 3. The van der Waals surface area contributed by atoms with Crippen molar-refractivity contribution in [2.75, 3.05) is 0 Å². The maximum atomic E-state index is 10.7. The first-order valence-corrected chi connectivity index (χ1v) is 3.79. The second kappa shape index (κ2) is 4.24. The number of rotatable bonds is 3. The highest BCUT2D eigenvalue weighted by Crippen LogP contribution is 1.97. The maximum Gasteiger partial charge on any atom is 0.335 e. The van der Waals surface area contributed by atoms with Gasteiger partial charge in [-0.05, 0) is 13.8 Å². The van der Waals surface area contributed by atoms with Gasteiger partial charge in [0.1, 0.15) is 0 Å². The minimum absolute atomic E-state index is 0.394. The molecule has 0 aromatic heterocycles. The predicted octanol–water partition coefficient (Wildman–Crippen LogP) is -0.251. The van der Waals surface area contributed by atoms with Crippen molar-refractivity contribution in [3.63, 3.8) is 0 Å². The lowest BCUT2D eigenvalue weighted by Gasteiger charge is -2.10. The highest BCUT2D eigenvalue weighted by molar-refractivity contribution is 5.98. The Balaban J connectivity index is 3.68. The van der Waals surface area contributed by atoms with Gasteiger partial charge in [0.25, 0.3) is 0 Å². The van der Waals surface area contributed by atoms with Gasteiger partial charge in [-0.15, -0.1) is 0 Å². The Morgan fingerprint density at radius 3 is 2.50 bits per heavy atom. The van der Waals surface area contributed by atoms with Crippen LogP contribution in [-0.4, -0.2) is 22.7 Å². The van der Waals surface area contributed by atoms with Crippen LogP contribution in [0.1, 0.15) is 13.8 Å². The van der Waals surface area contributed by atoms with Crippen molar-refractivity contribution in [3.8, 4) is 0 Å². The molecule has 0 saturated heterocycles. The molecule has 0 aromatic carbocycles. The van der Waals surface area contributed by atoms with Gasteiger partial charge in [-0.1, -0.05) is 6.58 Å². The van der Waals surface area contributed by atoms with Crippen LogP contribution in [0, 0.1) is 0 Å². The van der Waals surface area contributed by atoms with Crippen molar-refractivity contribution < 1.29 is 14.0 Å². The molecule has 0 bridgehead atoms. The molecule has 0 aromatic rings. The number of carbonyl (C=O) groups excluding carboxylic acids is 1. The summed E-state index contributed by atoms with van der Waals surface area (Å²) in [5.74, 6) is -0.400. The van der Waals surface area contributed by atoms with Gasteiger partial charge < -0.3 is 9.16 Å². The molecule has 1 unspecified atom stereocenters. The minimum Gasteiger partial charge on any atom is -0.434 e. The summed E-state index contributed by atoms with van der Waals surface area (Å²) in [4.78, 5) is 10.7. The Morgan fingerprint density at radius 2 is 2.20 bits per heavy atom. The quantitative estimate of drug-likeness (QED) is 0.247. The van der Waals surface area contributed by atoms with E-state index in [2.05, 4.69) is 6.58 Å². The smallest absolute Gasteiger partial charge is 0.335 e. The SMILES string of the molecule is C=C(C)C(=O)OC(C)O[SiH3]. The number of ether oxygens (including phenoxy) is 1. The van der Waals surface area contributed by atoms with Crippen molar-refractivity contribution in [2.24, 2.45) is 0 Å². The summed E-state index contributed by atoms with van der Waals surface area (Å²) in [6, 6.07) is 0. The zero-order valence-electron chi connectivity index (χ0n) is 6.51. The zero-order valence-corrected chi connectivity index (χ0v) is 8.51. The molecular formula is C6H12O3Si. The lowest BCUT2D eigenvalue weighted by atomic mass is 10.4. The van der Waals surface area contributed by atoms with E-state index in [0.717, 1.165) is 0 Å². The fraction of sp³-hybridized carbons (Fsp3) is 0.500. The van der Waals surface area contributed by atoms with Gasteiger partial charge in [0, 0.05) is 5.57 Å². The van der Waals surface area contributed by atoms with Crippen molar-refractivity contribution in [3.05, 3.63) is 12.2 Å². The fourth-order valence-corrected chi connectivity index (χ4v) is 0.396. The first-order chi connectivity index (χ1) is 4.57. The second-order valence-electron chi connectivity index (χ2n) is 1.99. The summed E-state index contributed by atoms with van der Waals surface area (Å²) in [6.45, 7) is 6.70. The van der Waals surface area contributed by atoms with E-state index in [0.29, 0.717) is 16.1 Å². The van der Waals surface area contributed by atoms with E-state index < -0.39 is 12.3 Å². The molecule has 0 spiro atoms. The molecule has 0 aliphatic heterocycles. The van der Waals surface area contributed by atoms with Crippen LogP contribution >= 0.6 is 0 Å². The third kappa shape index (κ3) is 3.42. The molecular weight excluding hydrogens is 148 g/mol. The van der Waals surface area contributed by atoms with Crippen LogP contribution in [0.5, 0.6) is 0 Å². The van der Waals surface area contributed by atoms with Crippen LogP contribution < -0.4 is 0 Å². The fourth-order valence-electron chi connectivity index (χ4n) is 0.299. The van der Waals surface area contributed by atoms with Crippen LogP contribution in [0.2, 0.25) is 0 Å². The summed E-state index contributed by atoms with van der Waals surface area (Å²) in [7, 11) is 0.567. The standard InChI is InChI=1S/C6H12O3Si/c1-4(2)6(7)8-5(3)9-10/h5H,1H2,2-3,10H3. The molecule has 0 aliphatic rings. The van der Waals surface area contributed by atoms with E-state index in [1.165, 1.54) is 0 Å². The Kier molecular flexibility index (Phi) is 3.98. The first kappa shape index (κ1) is 9.39. The van der Waals surface area contributed by atoms with E-state index in [1.54, 1.807) is 13.8 Å². The summed E-state index contributed by atoms with van der Waals surface area (Å²) in [5, 5.41) is 0. The molecule has 0 N–H and O–H groups in total. The number of hydrogen-bond donors (Lipinski definition) is 0. The normalized spacial score (nSPS) is 12.6. The lowest BCUT2D eigenvalue weighted by molar-refractivity contribution is -0.155. The van der Waals surface area contributed by atoms with Gasteiger partial charge in [0.2, 0.25) is 0 Å². The number of carbonyl (C=O) groups is 1. The Morgan fingerprint density at radius 1 is 1.70 bits per heavy atom. The Hall–Kier alpha value is -0.613. The van der Waals surface area contributed by atoms with Crippen molar-refractivity contribution in [1.29, 1.82) is 0 Å². The van der Waals surface area contributed by atoms with Crippen LogP contribution in [0.25, 0.3) is 0 Å². The van der Waals surface area contributed by atoms with E-state index in [4.69, 9.17) is 9.16 Å². The topological polar surface area (TPSA) is 35.5 Å². The molecule has 0 rings (SSSR count). The Bertz CT molecular complexity index is 144. The first-order valence-electron chi connectivity index (χ1n) is 2.97. The van der Waals surface area contributed by atoms with Crippen LogP contribution in [0.3, 0.4) is 0 Å². The highest BCUT2D eigenvalue weighted by Gasteiger charge is 2.06. The van der Waals surface area contributed by atoms with Gasteiger partial charge in [-0.25, -0.2) is 4.79 Å². The lowest BCUT2D eigenvalue weighted by Crippen LogP contribution is -2.17. The van der Waals surface area contributed by atoms with Crippen molar-refractivity contribution >= 4 is 16.5 Å². The molecule has 0 radical (unpaired) electrons. The molecule has 58 valence electrons. The molecule has 3 nitrogen and oxygen atoms in total. The van der Waals surface area contributed by atoms with Gasteiger partial charge in [0.05, 0.1) is 0 Å².